The van der Waals surface area contributed by atoms with Gasteiger partial charge in [-0.15, -0.1) is 0 Å². The SMILES string of the molecule is [C-]#[N+]CS(=O)(=O)c1c(OC)ccc2ccccc12. The van der Waals surface area contributed by atoms with Crippen molar-refractivity contribution in [1.82, 2.24) is 0 Å². The number of nitrogens with zero attached hydrogens (tertiary/aromatic N) is 1. The zero-order valence-corrected chi connectivity index (χ0v) is 10.6. The van der Waals surface area contributed by atoms with Crippen LogP contribution in [0.4, 0.5) is 0 Å². The summed E-state index contributed by atoms with van der Waals surface area (Å²) < 4.78 is 29.4. The fraction of sp³-hybridized carbons (Fsp3) is 0.154. The second-order valence-electron chi connectivity index (χ2n) is 3.72. The molecule has 0 amide bonds. The summed E-state index contributed by atoms with van der Waals surface area (Å²) in [5, 5.41) is 1.39. The van der Waals surface area contributed by atoms with Crippen molar-refractivity contribution in [3.05, 3.63) is 47.8 Å². The highest BCUT2D eigenvalue weighted by Crippen LogP contribution is 2.32. The van der Waals surface area contributed by atoms with Crippen LogP contribution in [0.3, 0.4) is 0 Å². The average Bonchev–Trinajstić information content (AvgIpc) is 2.37. The van der Waals surface area contributed by atoms with Crippen LogP contribution in [0.15, 0.2) is 41.3 Å². The Labute approximate surface area is 106 Å². The Hall–Kier alpha value is -2.06. The van der Waals surface area contributed by atoms with Gasteiger partial charge in [-0.05, 0) is 11.5 Å². The van der Waals surface area contributed by atoms with E-state index in [1.807, 2.05) is 12.1 Å². The fourth-order valence-electron chi connectivity index (χ4n) is 1.85. The number of hydrogen-bond donors (Lipinski definition) is 0. The molecule has 92 valence electrons. The topological polar surface area (TPSA) is 47.7 Å². The molecular weight excluding hydrogens is 250 g/mol. The predicted octanol–water partition coefficient (Wildman–Crippen LogP) is 2.50. The highest BCUT2D eigenvalue weighted by Gasteiger charge is 2.25. The minimum Gasteiger partial charge on any atom is -0.495 e. The lowest BCUT2D eigenvalue weighted by Gasteiger charge is -2.09. The number of benzene rings is 2. The molecule has 0 aliphatic carbocycles. The van der Waals surface area contributed by atoms with E-state index in [0.717, 1.165) is 5.39 Å². The molecule has 0 N–H and O–H groups in total. The van der Waals surface area contributed by atoms with E-state index in [0.29, 0.717) is 5.39 Å². The predicted molar refractivity (Wildman–Crippen MR) is 69.2 cm³/mol. The molecule has 0 aromatic heterocycles. The largest absolute Gasteiger partial charge is 0.495 e. The maximum atomic E-state index is 12.1. The van der Waals surface area contributed by atoms with E-state index < -0.39 is 15.7 Å². The normalized spacial score (nSPS) is 11.1. The number of rotatable bonds is 3. The summed E-state index contributed by atoms with van der Waals surface area (Å²) in [4.78, 5) is 3.07. The maximum Gasteiger partial charge on any atom is 0.316 e. The molecule has 18 heavy (non-hydrogen) atoms. The van der Waals surface area contributed by atoms with E-state index in [-0.39, 0.29) is 10.6 Å². The lowest BCUT2D eigenvalue weighted by atomic mass is 10.1. The first-order chi connectivity index (χ1) is 8.60. The van der Waals surface area contributed by atoms with Crippen molar-refractivity contribution in [3.8, 4) is 5.75 Å². The minimum atomic E-state index is -3.66. The van der Waals surface area contributed by atoms with Crippen molar-refractivity contribution in [2.24, 2.45) is 0 Å². The van der Waals surface area contributed by atoms with E-state index in [4.69, 9.17) is 11.3 Å². The molecule has 2 aromatic rings. The van der Waals surface area contributed by atoms with Gasteiger partial charge >= 0.3 is 5.88 Å². The summed E-state index contributed by atoms with van der Waals surface area (Å²) in [5.41, 5.74) is 0. The first-order valence-corrected chi connectivity index (χ1v) is 6.87. The summed E-state index contributed by atoms with van der Waals surface area (Å²) in [6.07, 6.45) is 0. The molecule has 0 fully saturated rings. The molecule has 0 aliphatic rings. The van der Waals surface area contributed by atoms with Gasteiger partial charge in [-0.2, -0.15) is 0 Å². The van der Waals surface area contributed by atoms with Crippen LogP contribution in [-0.2, 0) is 9.84 Å². The van der Waals surface area contributed by atoms with Gasteiger partial charge in [0.05, 0.1) is 7.11 Å². The summed E-state index contributed by atoms with van der Waals surface area (Å²) in [7, 11) is -2.24. The number of fused-ring (bicyclic) bond motifs is 1. The van der Waals surface area contributed by atoms with Gasteiger partial charge in [0.1, 0.15) is 10.6 Å². The molecule has 0 saturated heterocycles. The third-order valence-corrected chi connectivity index (χ3v) is 4.12. The van der Waals surface area contributed by atoms with E-state index in [1.165, 1.54) is 7.11 Å². The Morgan fingerprint density at radius 2 is 1.94 bits per heavy atom. The van der Waals surface area contributed by atoms with Gasteiger partial charge in [-0.25, -0.2) is 15.0 Å². The van der Waals surface area contributed by atoms with Crippen LogP contribution in [0, 0.1) is 6.57 Å². The molecule has 2 rings (SSSR count). The Morgan fingerprint density at radius 1 is 1.22 bits per heavy atom. The molecule has 0 bridgehead atoms. The van der Waals surface area contributed by atoms with Gasteiger partial charge in [-0.1, -0.05) is 30.3 Å². The van der Waals surface area contributed by atoms with Gasteiger partial charge in [0.15, 0.2) is 0 Å². The van der Waals surface area contributed by atoms with Gasteiger partial charge in [-0.3, -0.25) is 4.85 Å². The van der Waals surface area contributed by atoms with Crippen molar-refractivity contribution in [1.29, 1.82) is 0 Å². The molecule has 5 heteroatoms. The number of hydrogen-bond acceptors (Lipinski definition) is 3. The molecular formula is C13H11NO3S. The van der Waals surface area contributed by atoms with Crippen molar-refractivity contribution >= 4 is 20.6 Å². The quantitative estimate of drug-likeness (QED) is 0.797. The first-order valence-electron chi connectivity index (χ1n) is 5.22. The van der Waals surface area contributed by atoms with Crippen molar-refractivity contribution in [3.63, 3.8) is 0 Å². The molecule has 0 unspecified atom stereocenters. The van der Waals surface area contributed by atoms with E-state index in [1.54, 1.807) is 24.3 Å². The highest BCUT2D eigenvalue weighted by molar-refractivity contribution is 7.91. The summed E-state index contributed by atoms with van der Waals surface area (Å²) in [5.74, 6) is -0.297. The zero-order valence-electron chi connectivity index (χ0n) is 9.75. The van der Waals surface area contributed by atoms with Crippen LogP contribution in [-0.4, -0.2) is 21.4 Å². The second kappa shape index (κ2) is 4.67. The number of methoxy groups -OCH3 is 1. The highest BCUT2D eigenvalue weighted by atomic mass is 32.2. The average molecular weight is 261 g/mol. The van der Waals surface area contributed by atoms with Crippen molar-refractivity contribution in [2.45, 2.75) is 4.90 Å². The van der Waals surface area contributed by atoms with Crippen molar-refractivity contribution < 1.29 is 13.2 Å². The summed E-state index contributed by atoms with van der Waals surface area (Å²) in [6, 6.07) is 10.5. The molecule has 2 aromatic carbocycles. The second-order valence-corrected chi connectivity index (χ2v) is 5.62. The molecule has 0 spiro atoms. The Morgan fingerprint density at radius 3 is 2.61 bits per heavy atom. The van der Waals surface area contributed by atoms with Gasteiger partial charge in [0.25, 0.3) is 9.84 Å². The third kappa shape index (κ3) is 2.03. The molecule has 4 nitrogen and oxygen atoms in total. The molecule has 0 radical (unpaired) electrons. The first kappa shape index (κ1) is 12.4. The van der Waals surface area contributed by atoms with Crippen LogP contribution < -0.4 is 4.74 Å². The lowest BCUT2D eigenvalue weighted by Crippen LogP contribution is -2.06. The Kier molecular flexibility index (Phi) is 3.21. The van der Waals surface area contributed by atoms with Crippen LogP contribution >= 0.6 is 0 Å². The Balaban J connectivity index is 2.86. The molecule has 0 aliphatic heterocycles. The van der Waals surface area contributed by atoms with Gasteiger partial charge in [0.2, 0.25) is 0 Å². The maximum absolute atomic E-state index is 12.1. The zero-order chi connectivity index (χ0) is 13.2. The molecule has 0 heterocycles. The lowest BCUT2D eigenvalue weighted by molar-refractivity contribution is 0.404. The van der Waals surface area contributed by atoms with E-state index in [2.05, 4.69) is 4.85 Å². The standard InChI is InChI=1S/C13H11NO3S/c1-14-9-18(15,16)13-11-6-4-3-5-10(11)7-8-12(13)17-2/h3-8H,9H2,2H3. The van der Waals surface area contributed by atoms with Crippen LogP contribution in [0.2, 0.25) is 0 Å². The third-order valence-electron chi connectivity index (χ3n) is 2.61. The molecule has 0 saturated carbocycles. The number of ether oxygens (including phenoxy) is 1. The summed E-state index contributed by atoms with van der Waals surface area (Å²) >= 11 is 0. The van der Waals surface area contributed by atoms with Gasteiger partial charge < -0.3 is 4.74 Å². The van der Waals surface area contributed by atoms with Gasteiger partial charge in [0, 0.05) is 5.39 Å². The van der Waals surface area contributed by atoms with Crippen LogP contribution in [0.1, 0.15) is 0 Å². The Bertz CT molecular complexity index is 729. The van der Waals surface area contributed by atoms with E-state index in [9.17, 15) is 8.42 Å². The fourth-order valence-corrected chi connectivity index (χ4v) is 3.13. The monoisotopic (exact) mass is 261 g/mol. The van der Waals surface area contributed by atoms with Crippen LogP contribution in [0.25, 0.3) is 15.6 Å². The van der Waals surface area contributed by atoms with Crippen molar-refractivity contribution in [2.75, 3.05) is 13.0 Å². The summed E-state index contributed by atoms with van der Waals surface area (Å²) in [6.45, 7) is 6.75. The smallest absolute Gasteiger partial charge is 0.316 e. The van der Waals surface area contributed by atoms with E-state index >= 15 is 0 Å². The minimum absolute atomic E-state index is 0.0964. The van der Waals surface area contributed by atoms with Crippen LogP contribution in [0.5, 0.6) is 5.75 Å². The number of sulfone groups is 1. The molecule has 0 atom stereocenters.